The fourth-order valence-corrected chi connectivity index (χ4v) is 2.85. The highest BCUT2D eigenvalue weighted by Crippen LogP contribution is 2.27. The van der Waals surface area contributed by atoms with Crippen molar-refractivity contribution in [2.24, 2.45) is 4.36 Å². The molecule has 0 bridgehead atoms. The van der Waals surface area contributed by atoms with Crippen molar-refractivity contribution in [3.05, 3.63) is 18.0 Å². The molecule has 1 unspecified atom stereocenters. The van der Waals surface area contributed by atoms with Crippen molar-refractivity contribution in [2.45, 2.75) is 38.7 Å². The lowest BCUT2D eigenvalue weighted by atomic mass is 10.4. The number of aromatic nitrogens is 2. The average Bonchev–Trinajstić information content (AvgIpc) is 2.76. The molecule has 0 aromatic carbocycles. The van der Waals surface area contributed by atoms with E-state index in [0.717, 1.165) is 16.9 Å². The molecule has 0 aliphatic rings. The summed E-state index contributed by atoms with van der Waals surface area (Å²) in [6.45, 7) is 4.55. The Hall–Kier alpha value is -1.38. The number of nitrogens with zero attached hydrogens (tertiary/aromatic N) is 3. The van der Waals surface area contributed by atoms with E-state index in [1.807, 2.05) is 0 Å². The topological polar surface area (TPSA) is 64.3 Å². The lowest BCUT2D eigenvalue weighted by Gasteiger charge is -2.10. The molecular formula is C11H16F3N3O2S. The van der Waals surface area contributed by atoms with Crippen molar-refractivity contribution in [2.75, 3.05) is 5.75 Å². The number of hydrogen-bond acceptors (Lipinski definition) is 3. The Morgan fingerprint density at radius 2 is 2.10 bits per heavy atom. The van der Waals surface area contributed by atoms with Gasteiger partial charge >= 0.3 is 6.18 Å². The molecule has 9 heteroatoms. The Labute approximate surface area is 115 Å². The molecule has 0 N–H and O–H groups in total. The molecule has 0 saturated heterocycles. The van der Waals surface area contributed by atoms with Crippen LogP contribution in [-0.4, -0.2) is 30.9 Å². The van der Waals surface area contributed by atoms with Gasteiger partial charge in [0.05, 0.1) is 9.73 Å². The van der Waals surface area contributed by atoms with Crippen molar-refractivity contribution in [3.8, 4) is 0 Å². The van der Waals surface area contributed by atoms with Gasteiger partial charge in [0.1, 0.15) is 6.54 Å². The monoisotopic (exact) mass is 311 g/mol. The summed E-state index contributed by atoms with van der Waals surface area (Å²) in [4.78, 5) is 11.7. The molecule has 0 fully saturated rings. The molecule has 114 valence electrons. The van der Waals surface area contributed by atoms with E-state index in [9.17, 15) is 22.2 Å². The Morgan fingerprint density at radius 1 is 1.50 bits per heavy atom. The summed E-state index contributed by atoms with van der Waals surface area (Å²) in [5.41, 5.74) is -1.08. The van der Waals surface area contributed by atoms with Crippen molar-refractivity contribution >= 4 is 15.6 Å². The third-order valence-electron chi connectivity index (χ3n) is 2.63. The number of amides is 1. The highest BCUT2D eigenvalue weighted by Gasteiger charge is 2.33. The third kappa shape index (κ3) is 4.06. The average molecular weight is 311 g/mol. The predicted octanol–water partition coefficient (Wildman–Crippen LogP) is 2.32. The summed E-state index contributed by atoms with van der Waals surface area (Å²) in [6, 6.07) is 0.771. The Morgan fingerprint density at radius 3 is 2.50 bits per heavy atom. The molecule has 20 heavy (non-hydrogen) atoms. The van der Waals surface area contributed by atoms with Gasteiger partial charge in [-0.3, -0.25) is 9.48 Å². The first-order valence-corrected chi connectivity index (χ1v) is 7.70. The zero-order valence-electron chi connectivity index (χ0n) is 11.3. The highest BCUT2D eigenvalue weighted by atomic mass is 32.2. The quantitative estimate of drug-likeness (QED) is 0.857. The van der Waals surface area contributed by atoms with Gasteiger partial charge in [-0.25, -0.2) is 4.21 Å². The van der Waals surface area contributed by atoms with E-state index in [4.69, 9.17) is 0 Å². The summed E-state index contributed by atoms with van der Waals surface area (Å²) >= 11 is 0. The molecule has 1 aromatic rings. The van der Waals surface area contributed by atoms with Gasteiger partial charge in [-0.05, 0) is 6.07 Å². The van der Waals surface area contributed by atoms with E-state index in [1.54, 1.807) is 20.8 Å². The van der Waals surface area contributed by atoms with Crippen LogP contribution in [0, 0.1) is 0 Å². The molecular weight excluding hydrogens is 295 g/mol. The number of hydrogen-bond donors (Lipinski definition) is 0. The lowest BCUT2D eigenvalue weighted by Crippen LogP contribution is -2.20. The van der Waals surface area contributed by atoms with Crippen molar-refractivity contribution in [1.29, 1.82) is 0 Å². The van der Waals surface area contributed by atoms with Crippen LogP contribution in [-0.2, 0) is 27.2 Å². The SMILES string of the molecule is CCS(=O)(=NC(=O)Cn1ccc(C(F)(F)F)n1)C(C)C. The van der Waals surface area contributed by atoms with E-state index >= 15 is 0 Å². The summed E-state index contributed by atoms with van der Waals surface area (Å²) < 4.78 is 53.7. The highest BCUT2D eigenvalue weighted by molar-refractivity contribution is 7.94. The van der Waals surface area contributed by atoms with Gasteiger partial charge in [0.2, 0.25) is 0 Å². The zero-order valence-corrected chi connectivity index (χ0v) is 12.2. The Balaban J connectivity index is 2.90. The second-order valence-electron chi connectivity index (χ2n) is 4.41. The number of carbonyl (C=O) groups is 1. The molecule has 0 spiro atoms. The Kier molecular flexibility index (Phi) is 4.95. The third-order valence-corrected chi connectivity index (χ3v) is 5.45. The van der Waals surface area contributed by atoms with Crippen LogP contribution < -0.4 is 0 Å². The van der Waals surface area contributed by atoms with Crippen LogP contribution >= 0.6 is 0 Å². The minimum atomic E-state index is -4.56. The Bertz CT molecular complexity index is 598. The maximum Gasteiger partial charge on any atom is 0.435 e. The van der Waals surface area contributed by atoms with E-state index in [1.165, 1.54) is 0 Å². The van der Waals surface area contributed by atoms with Crippen LogP contribution in [0.15, 0.2) is 16.6 Å². The molecule has 1 amide bonds. The van der Waals surface area contributed by atoms with Crippen LogP contribution in [0.4, 0.5) is 13.2 Å². The van der Waals surface area contributed by atoms with Gasteiger partial charge in [0.15, 0.2) is 5.69 Å². The second kappa shape index (κ2) is 5.94. The predicted molar refractivity (Wildman–Crippen MR) is 68.5 cm³/mol. The molecule has 0 saturated carbocycles. The van der Waals surface area contributed by atoms with Crippen LogP contribution in [0.1, 0.15) is 26.5 Å². The molecule has 1 aromatic heterocycles. The number of rotatable bonds is 4. The minimum absolute atomic E-state index is 0.212. The maximum absolute atomic E-state index is 12.3. The van der Waals surface area contributed by atoms with E-state index in [-0.39, 0.29) is 11.0 Å². The second-order valence-corrected chi connectivity index (χ2v) is 7.49. The number of halogens is 3. The molecule has 0 radical (unpaired) electrons. The van der Waals surface area contributed by atoms with Crippen molar-refractivity contribution < 1.29 is 22.2 Å². The van der Waals surface area contributed by atoms with E-state index in [0.29, 0.717) is 0 Å². The van der Waals surface area contributed by atoms with Crippen LogP contribution in [0.3, 0.4) is 0 Å². The molecule has 0 aliphatic heterocycles. The summed E-state index contributed by atoms with van der Waals surface area (Å²) in [5.74, 6) is -0.536. The van der Waals surface area contributed by atoms with E-state index in [2.05, 4.69) is 9.46 Å². The summed E-state index contributed by atoms with van der Waals surface area (Å²) in [6.07, 6.45) is -3.51. The first-order chi connectivity index (χ1) is 9.08. The maximum atomic E-state index is 12.3. The molecule has 1 rings (SSSR count). The van der Waals surface area contributed by atoms with Crippen molar-refractivity contribution in [1.82, 2.24) is 9.78 Å². The zero-order chi connectivity index (χ0) is 15.6. The molecule has 0 aliphatic carbocycles. The fourth-order valence-electron chi connectivity index (χ4n) is 1.44. The first kappa shape index (κ1) is 16.7. The normalized spacial score (nSPS) is 15.2. The van der Waals surface area contributed by atoms with Gasteiger partial charge in [-0.15, -0.1) is 0 Å². The number of carbonyl (C=O) groups excluding carboxylic acids is 1. The van der Waals surface area contributed by atoms with Gasteiger partial charge in [-0.2, -0.15) is 22.6 Å². The molecule has 1 heterocycles. The smallest absolute Gasteiger partial charge is 0.270 e. The lowest BCUT2D eigenvalue weighted by molar-refractivity contribution is -0.141. The molecule has 1 atom stereocenters. The van der Waals surface area contributed by atoms with Gasteiger partial charge in [0.25, 0.3) is 5.91 Å². The van der Waals surface area contributed by atoms with Crippen molar-refractivity contribution in [3.63, 3.8) is 0 Å². The van der Waals surface area contributed by atoms with Crippen LogP contribution in [0.25, 0.3) is 0 Å². The van der Waals surface area contributed by atoms with Crippen LogP contribution in [0.2, 0.25) is 0 Å². The summed E-state index contributed by atoms with van der Waals surface area (Å²) in [7, 11) is -2.67. The van der Waals surface area contributed by atoms with Gasteiger partial charge in [0, 0.05) is 17.2 Å². The standard InChI is InChI=1S/C11H16F3N3O2S/c1-4-20(19,8(2)3)16-10(18)7-17-6-5-9(15-17)11(12,13)14/h5-6,8H,4,7H2,1-3H3. The number of alkyl halides is 3. The van der Waals surface area contributed by atoms with Gasteiger partial charge in [-0.1, -0.05) is 20.8 Å². The summed E-state index contributed by atoms with van der Waals surface area (Å²) in [5, 5.41) is 2.93. The minimum Gasteiger partial charge on any atom is -0.270 e. The van der Waals surface area contributed by atoms with E-state index < -0.39 is 34.1 Å². The van der Waals surface area contributed by atoms with Gasteiger partial charge < -0.3 is 0 Å². The first-order valence-electron chi connectivity index (χ1n) is 5.95. The largest absolute Gasteiger partial charge is 0.435 e. The fraction of sp³-hybridized carbons (Fsp3) is 0.636. The molecule has 5 nitrogen and oxygen atoms in total. The van der Waals surface area contributed by atoms with Crippen LogP contribution in [0.5, 0.6) is 0 Å².